The van der Waals surface area contributed by atoms with Gasteiger partial charge < -0.3 is 14.8 Å². The highest BCUT2D eigenvalue weighted by atomic mass is 16.5. The molecule has 138 valence electrons. The van der Waals surface area contributed by atoms with Crippen LogP contribution in [-0.4, -0.2) is 31.6 Å². The van der Waals surface area contributed by atoms with E-state index in [1.54, 1.807) is 20.3 Å². The fourth-order valence-corrected chi connectivity index (χ4v) is 2.96. The van der Waals surface area contributed by atoms with Crippen LogP contribution in [0.5, 0.6) is 11.5 Å². The van der Waals surface area contributed by atoms with Gasteiger partial charge in [-0.05, 0) is 12.5 Å². The maximum absolute atomic E-state index is 10.7. The maximum atomic E-state index is 10.7. The largest absolute Gasteiger partial charge is 0.497 e. The zero-order chi connectivity index (χ0) is 19.4. The van der Waals surface area contributed by atoms with Gasteiger partial charge in [0.15, 0.2) is 5.96 Å². The summed E-state index contributed by atoms with van der Waals surface area (Å²) in [6.07, 6.45) is 0.451. The minimum atomic E-state index is -0.141. The second-order valence-corrected chi connectivity index (χ2v) is 5.81. The van der Waals surface area contributed by atoms with Gasteiger partial charge in [-0.1, -0.05) is 30.3 Å². The Kier molecular flexibility index (Phi) is 5.21. The van der Waals surface area contributed by atoms with Crippen molar-refractivity contribution in [1.82, 2.24) is 10.3 Å². The summed E-state index contributed by atoms with van der Waals surface area (Å²) in [5.74, 6) is 1.03. The standard InChI is InChI=1S/C20H20N4O3/c1-12-18(13-7-5-4-6-8-13)23-15-9-14(26-2)10-16(27-3)17(15)19(12)24-20(21)22-11-25/h4-11H,1-3H3,(H3,21,22,23,24,25). The highest BCUT2D eigenvalue weighted by Gasteiger charge is 2.18. The molecule has 0 fully saturated rings. The molecule has 0 radical (unpaired) electrons. The van der Waals surface area contributed by atoms with Crippen LogP contribution < -0.4 is 20.1 Å². The number of fused-ring (bicyclic) bond motifs is 1. The number of methoxy groups -OCH3 is 2. The first-order valence-electron chi connectivity index (χ1n) is 8.26. The van der Waals surface area contributed by atoms with Gasteiger partial charge in [-0.25, -0.2) is 4.98 Å². The first kappa shape index (κ1) is 18.2. The third-order valence-electron chi connectivity index (χ3n) is 4.22. The number of rotatable bonds is 5. The van der Waals surface area contributed by atoms with E-state index in [9.17, 15) is 4.79 Å². The van der Waals surface area contributed by atoms with Gasteiger partial charge in [-0.15, -0.1) is 0 Å². The van der Waals surface area contributed by atoms with Gasteiger partial charge in [-0.3, -0.25) is 15.5 Å². The molecule has 3 N–H and O–H groups in total. The number of benzene rings is 2. The number of hydrogen-bond donors (Lipinski definition) is 3. The molecular weight excluding hydrogens is 344 g/mol. The molecule has 0 aliphatic carbocycles. The molecule has 1 heterocycles. The Hall–Kier alpha value is -3.61. The Morgan fingerprint density at radius 3 is 2.52 bits per heavy atom. The molecule has 2 aromatic carbocycles. The lowest BCUT2D eigenvalue weighted by atomic mass is 10.0. The number of pyridine rings is 1. The highest BCUT2D eigenvalue weighted by molar-refractivity contribution is 6.08. The number of nitrogens with zero attached hydrogens (tertiary/aromatic N) is 1. The summed E-state index contributed by atoms with van der Waals surface area (Å²) in [6, 6.07) is 13.3. The summed E-state index contributed by atoms with van der Waals surface area (Å²) in [5.41, 5.74) is 3.82. The Bertz CT molecular complexity index is 1000. The average Bonchev–Trinajstić information content (AvgIpc) is 2.69. The zero-order valence-electron chi connectivity index (χ0n) is 15.3. The maximum Gasteiger partial charge on any atom is 0.213 e. The fourth-order valence-electron chi connectivity index (χ4n) is 2.96. The van der Waals surface area contributed by atoms with E-state index < -0.39 is 0 Å². The average molecular weight is 364 g/mol. The van der Waals surface area contributed by atoms with E-state index in [1.807, 2.05) is 43.3 Å². The van der Waals surface area contributed by atoms with Gasteiger partial charge in [0.25, 0.3) is 0 Å². The molecule has 3 rings (SSSR count). The lowest BCUT2D eigenvalue weighted by Crippen LogP contribution is -2.28. The number of carbonyl (C=O) groups is 1. The van der Waals surface area contributed by atoms with E-state index in [0.29, 0.717) is 34.5 Å². The number of ether oxygens (including phenoxy) is 2. The van der Waals surface area contributed by atoms with Crippen LogP contribution in [0.4, 0.5) is 5.69 Å². The van der Waals surface area contributed by atoms with Gasteiger partial charge in [0.1, 0.15) is 11.5 Å². The molecule has 0 atom stereocenters. The Morgan fingerprint density at radius 2 is 1.89 bits per heavy atom. The number of carbonyl (C=O) groups excluding carboxylic acids is 1. The van der Waals surface area contributed by atoms with Crippen molar-refractivity contribution in [2.24, 2.45) is 0 Å². The molecule has 1 aromatic heterocycles. The van der Waals surface area contributed by atoms with Crippen molar-refractivity contribution in [1.29, 1.82) is 5.41 Å². The van der Waals surface area contributed by atoms with Crippen molar-refractivity contribution >= 4 is 29.0 Å². The molecule has 0 bridgehead atoms. The van der Waals surface area contributed by atoms with Gasteiger partial charge in [0, 0.05) is 17.7 Å². The third-order valence-corrected chi connectivity index (χ3v) is 4.22. The molecule has 27 heavy (non-hydrogen) atoms. The predicted molar refractivity (Wildman–Crippen MR) is 106 cm³/mol. The number of anilines is 1. The highest BCUT2D eigenvalue weighted by Crippen LogP contribution is 2.40. The molecule has 0 saturated heterocycles. The minimum Gasteiger partial charge on any atom is -0.497 e. The first-order valence-corrected chi connectivity index (χ1v) is 8.26. The lowest BCUT2D eigenvalue weighted by molar-refractivity contribution is -0.108. The van der Waals surface area contributed by atoms with Crippen molar-refractivity contribution in [3.05, 3.63) is 48.0 Å². The molecule has 0 aliphatic heterocycles. The molecule has 3 aromatic rings. The quantitative estimate of drug-likeness (QED) is 0.367. The van der Waals surface area contributed by atoms with Crippen molar-refractivity contribution in [3.8, 4) is 22.8 Å². The van der Waals surface area contributed by atoms with Crippen molar-refractivity contribution in [3.63, 3.8) is 0 Å². The Morgan fingerprint density at radius 1 is 1.15 bits per heavy atom. The monoisotopic (exact) mass is 364 g/mol. The van der Waals surface area contributed by atoms with Crippen molar-refractivity contribution in [2.75, 3.05) is 19.5 Å². The van der Waals surface area contributed by atoms with Crippen LogP contribution in [0.2, 0.25) is 0 Å². The topological polar surface area (TPSA) is 96.3 Å². The summed E-state index contributed by atoms with van der Waals surface area (Å²) in [6.45, 7) is 1.91. The second-order valence-electron chi connectivity index (χ2n) is 5.81. The molecule has 0 saturated carbocycles. The van der Waals surface area contributed by atoms with Crippen LogP contribution >= 0.6 is 0 Å². The van der Waals surface area contributed by atoms with Crippen LogP contribution in [0.25, 0.3) is 22.2 Å². The van der Waals surface area contributed by atoms with Crippen molar-refractivity contribution < 1.29 is 14.3 Å². The number of hydrogen-bond acceptors (Lipinski definition) is 5. The number of guanidine groups is 1. The van der Waals surface area contributed by atoms with E-state index in [0.717, 1.165) is 16.8 Å². The van der Waals surface area contributed by atoms with Crippen LogP contribution in [0, 0.1) is 12.3 Å². The molecule has 1 amide bonds. The van der Waals surface area contributed by atoms with Crippen molar-refractivity contribution in [2.45, 2.75) is 6.92 Å². The molecule has 7 nitrogen and oxygen atoms in total. The van der Waals surface area contributed by atoms with Crippen LogP contribution in [0.15, 0.2) is 42.5 Å². The summed E-state index contributed by atoms with van der Waals surface area (Å²) in [5, 5.41) is 13.9. The Balaban J connectivity index is 2.34. The normalized spacial score (nSPS) is 10.3. The number of amides is 1. The van der Waals surface area contributed by atoms with Gasteiger partial charge in [0.05, 0.1) is 36.5 Å². The SMILES string of the molecule is COc1cc(OC)c2c(NC(=N)NC=O)c(C)c(-c3ccccc3)nc2c1. The molecule has 0 aliphatic rings. The predicted octanol–water partition coefficient (Wildman–Crippen LogP) is 3.32. The summed E-state index contributed by atoms with van der Waals surface area (Å²) >= 11 is 0. The van der Waals surface area contributed by atoms with Crippen LogP contribution in [0.1, 0.15) is 5.56 Å². The van der Waals surface area contributed by atoms with Crippen LogP contribution in [0.3, 0.4) is 0 Å². The molecular formula is C20H20N4O3. The summed E-state index contributed by atoms with van der Waals surface area (Å²) in [4.78, 5) is 15.5. The zero-order valence-corrected chi connectivity index (χ0v) is 15.3. The number of aromatic nitrogens is 1. The lowest BCUT2D eigenvalue weighted by Gasteiger charge is -2.19. The minimum absolute atomic E-state index is 0.141. The van der Waals surface area contributed by atoms with E-state index in [1.165, 1.54) is 0 Å². The smallest absolute Gasteiger partial charge is 0.213 e. The van der Waals surface area contributed by atoms with Gasteiger partial charge >= 0.3 is 0 Å². The van der Waals surface area contributed by atoms with Gasteiger partial charge in [0.2, 0.25) is 6.41 Å². The van der Waals surface area contributed by atoms with E-state index in [4.69, 9.17) is 19.9 Å². The third kappa shape index (κ3) is 3.52. The first-order chi connectivity index (χ1) is 13.1. The van der Waals surface area contributed by atoms with E-state index in [-0.39, 0.29) is 5.96 Å². The second kappa shape index (κ2) is 7.74. The molecule has 0 spiro atoms. The fraction of sp³-hybridized carbons (Fsp3) is 0.150. The molecule has 7 heteroatoms. The summed E-state index contributed by atoms with van der Waals surface area (Å²) in [7, 11) is 3.14. The Labute approximate surface area is 156 Å². The van der Waals surface area contributed by atoms with E-state index >= 15 is 0 Å². The van der Waals surface area contributed by atoms with Crippen LogP contribution in [-0.2, 0) is 4.79 Å². The summed E-state index contributed by atoms with van der Waals surface area (Å²) < 4.78 is 10.9. The molecule has 0 unspecified atom stereocenters. The van der Waals surface area contributed by atoms with E-state index in [2.05, 4.69) is 10.6 Å². The van der Waals surface area contributed by atoms with Gasteiger partial charge in [-0.2, -0.15) is 0 Å². The number of nitrogens with one attached hydrogen (secondary N) is 3.